The van der Waals surface area contributed by atoms with Crippen molar-refractivity contribution in [1.82, 2.24) is 14.9 Å². The van der Waals surface area contributed by atoms with E-state index < -0.39 is 0 Å². The van der Waals surface area contributed by atoms with Crippen LogP contribution in [0.1, 0.15) is 51.3 Å². The molecule has 1 fully saturated rings. The van der Waals surface area contributed by atoms with Gasteiger partial charge in [-0.25, -0.2) is 4.98 Å². The molecule has 3 heteroatoms. The Morgan fingerprint density at radius 1 is 1.41 bits per heavy atom. The standard InChI is InChI=1S/C14H25N3/c1-3-7-14(8-5-4-6-9-16-14)12-13-15-10-11-17(13)2/h10-11,16H,3-9,12H2,1-2H3. The summed E-state index contributed by atoms with van der Waals surface area (Å²) in [6.45, 7) is 3.46. The minimum Gasteiger partial charge on any atom is -0.338 e. The van der Waals surface area contributed by atoms with Gasteiger partial charge in [-0.15, -0.1) is 0 Å². The lowest BCUT2D eigenvalue weighted by Gasteiger charge is -2.33. The van der Waals surface area contributed by atoms with Crippen molar-refractivity contribution in [2.75, 3.05) is 6.54 Å². The van der Waals surface area contributed by atoms with E-state index in [1.54, 1.807) is 0 Å². The highest BCUT2D eigenvalue weighted by Gasteiger charge is 2.31. The maximum absolute atomic E-state index is 4.49. The molecule has 1 saturated heterocycles. The maximum atomic E-state index is 4.49. The first-order valence-electron chi connectivity index (χ1n) is 6.97. The average Bonchev–Trinajstić information content (AvgIpc) is 2.58. The molecule has 1 atom stereocenters. The second-order valence-electron chi connectivity index (χ2n) is 5.40. The van der Waals surface area contributed by atoms with Crippen molar-refractivity contribution in [1.29, 1.82) is 0 Å². The molecular formula is C14H25N3. The molecule has 0 spiro atoms. The van der Waals surface area contributed by atoms with Gasteiger partial charge in [-0.3, -0.25) is 0 Å². The number of hydrogen-bond donors (Lipinski definition) is 1. The van der Waals surface area contributed by atoms with Crippen molar-refractivity contribution in [3.63, 3.8) is 0 Å². The first-order valence-corrected chi connectivity index (χ1v) is 6.97. The molecule has 0 saturated carbocycles. The van der Waals surface area contributed by atoms with Gasteiger partial charge in [-0.05, 0) is 25.8 Å². The van der Waals surface area contributed by atoms with Crippen LogP contribution in [0.3, 0.4) is 0 Å². The first-order chi connectivity index (χ1) is 8.26. The van der Waals surface area contributed by atoms with Crippen LogP contribution < -0.4 is 5.32 Å². The Balaban J connectivity index is 2.12. The Bertz CT molecular complexity index is 335. The maximum Gasteiger partial charge on any atom is 0.110 e. The molecular weight excluding hydrogens is 210 g/mol. The lowest BCUT2D eigenvalue weighted by molar-refractivity contribution is 0.281. The first kappa shape index (κ1) is 12.6. The molecule has 0 bridgehead atoms. The SMILES string of the molecule is CCCC1(Cc2nccn2C)CCCCCN1. The second kappa shape index (κ2) is 5.67. The van der Waals surface area contributed by atoms with Gasteiger partial charge in [-0.1, -0.05) is 26.2 Å². The van der Waals surface area contributed by atoms with Gasteiger partial charge >= 0.3 is 0 Å². The van der Waals surface area contributed by atoms with Gasteiger partial charge in [0, 0.05) is 31.4 Å². The van der Waals surface area contributed by atoms with E-state index in [0.717, 1.165) is 6.42 Å². The van der Waals surface area contributed by atoms with Gasteiger partial charge in [0.2, 0.25) is 0 Å². The largest absolute Gasteiger partial charge is 0.338 e. The van der Waals surface area contributed by atoms with E-state index in [1.165, 1.54) is 50.9 Å². The van der Waals surface area contributed by atoms with Crippen molar-refractivity contribution in [2.45, 2.75) is 57.4 Å². The van der Waals surface area contributed by atoms with Crippen LogP contribution in [0.15, 0.2) is 12.4 Å². The van der Waals surface area contributed by atoms with Crippen LogP contribution in [0.2, 0.25) is 0 Å². The highest BCUT2D eigenvalue weighted by atomic mass is 15.1. The molecule has 96 valence electrons. The Morgan fingerprint density at radius 2 is 2.29 bits per heavy atom. The van der Waals surface area contributed by atoms with Crippen LogP contribution in [0.25, 0.3) is 0 Å². The molecule has 0 aliphatic carbocycles. The fraction of sp³-hybridized carbons (Fsp3) is 0.786. The van der Waals surface area contributed by atoms with E-state index in [1.807, 2.05) is 12.4 Å². The molecule has 1 aliphatic heterocycles. The number of aromatic nitrogens is 2. The summed E-state index contributed by atoms with van der Waals surface area (Å²) < 4.78 is 2.16. The zero-order chi connectivity index (χ0) is 12.1. The lowest BCUT2D eigenvalue weighted by atomic mass is 9.85. The molecule has 0 aromatic carbocycles. The molecule has 2 rings (SSSR count). The van der Waals surface area contributed by atoms with Crippen molar-refractivity contribution < 1.29 is 0 Å². The van der Waals surface area contributed by atoms with E-state index in [2.05, 4.69) is 28.8 Å². The van der Waals surface area contributed by atoms with Crippen molar-refractivity contribution in [3.05, 3.63) is 18.2 Å². The number of hydrogen-bond acceptors (Lipinski definition) is 2. The summed E-state index contributed by atoms with van der Waals surface area (Å²) in [6, 6.07) is 0. The third-order valence-corrected chi connectivity index (χ3v) is 3.98. The minimum absolute atomic E-state index is 0.296. The highest BCUT2D eigenvalue weighted by Crippen LogP contribution is 2.27. The van der Waals surface area contributed by atoms with Gasteiger partial charge in [0.25, 0.3) is 0 Å². The van der Waals surface area contributed by atoms with Crippen LogP contribution in [0.4, 0.5) is 0 Å². The zero-order valence-corrected chi connectivity index (χ0v) is 11.2. The molecule has 3 nitrogen and oxygen atoms in total. The Labute approximate surface area is 105 Å². The van der Waals surface area contributed by atoms with Crippen LogP contribution >= 0.6 is 0 Å². The third kappa shape index (κ3) is 3.09. The van der Waals surface area contributed by atoms with Gasteiger partial charge in [-0.2, -0.15) is 0 Å². The summed E-state index contributed by atoms with van der Waals surface area (Å²) >= 11 is 0. The van der Waals surface area contributed by atoms with Gasteiger partial charge < -0.3 is 9.88 Å². The molecule has 0 radical (unpaired) electrons. The van der Waals surface area contributed by atoms with Crippen LogP contribution in [0.5, 0.6) is 0 Å². The van der Waals surface area contributed by atoms with Crippen molar-refractivity contribution in [3.8, 4) is 0 Å². The smallest absolute Gasteiger partial charge is 0.110 e. The van der Waals surface area contributed by atoms with Crippen molar-refractivity contribution in [2.24, 2.45) is 7.05 Å². The van der Waals surface area contributed by atoms with E-state index >= 15 is 0 Å². The minimum atomic E-state index is 0.296. The normalized spacial score (nSPS) is 25.8. The summed E-state index contributed by atoms with van der Waals surface area (Å²) in [5.41, 5.74) is 0.296. The average molecular weight is 235 g/mol. The molecule has 1 unspecified atom stereocenters. The number of rotatable bonds is 4. The fourth-order valence-corrected chi connectivity index (χ4v) is 3.01. The topological polar surface area (TPSA) is 29.9 Å². The number of nitrogens with one attached hydrogen (secondary N) is 1. The Kier molecular flexibility index (Phi) is 4.21. The van der Waals surface area contributed by atoms with Gasteiger partial charge in [0.1, 0.15) is 5.82 Å². The number of imidazole rings is 1. The molecule has 17 heavy (non-hydrogen) atoms. The van der Waals surface area contributed by atoms with E-state index in [9.17, 15) is 0 Å². The Hall–Kier alpha value is -0.830. The Morgan fingerprint density at radius 3 is 3.00 bits per heavy atom. The predicted octanol–water partition coefficient (Wildman–Crippen LogP) is 2.67. The quantitative estimate of drug-likeness (QED) is 0.869. The summed E-state index contributed by atoms with van der Waals surface area (Å²) in [7, 11) is 2.10. The molecule has 1 aromatic heterocycles. The van der Waals surface area contributed by atoms with Crippen LogP contribution in [-0.4, -0.2) is 21.6 Å². The summed E-state index contributed by atoms with van der Waals surface area (Å²) in [4.78, 5) is 4.49. The predicted molar refractivity (Wildman–Crippen MR) is 71.0 cm³/mol. The number of aryl methyl sites for hydroxylation is 1. The van der Waals surface area contributed by atoms with E-state index in [4.69, 9.17) is 0 Å². The van der Waals surface area contributed by atoms with E-state index in [0.29, 0.717) is 5.54 Å². The summed E-state index contributed by atoms with van der Waals surface area (Å²) in [6.07, 6.45) is 12.9. The lowest BCUT2D eigenvalue weighted by Crippen LogP contribution is -2.47. The van der Waals surface area contributed by atoms with E-state index in [-0.39, 0.29) is 0 Å². The molecule has 1 aliphatic rings. The third-order valence-electron chi connectivity index (χ3n) is 3.98. The zero-order valence-electron chi connectivity index (χ0n) is 11.2. The van der Waals surface area contributed by atoms with Crippen LogP contribution in [0, 0.1) is 0 Å². The molecule has 0 amide bonds. The number of nitrogens with zero attached hydrogens (tertiary/aromatic N) is 2. The molecule has 2 heterocycles. The van der Waals surface area contributed by atoms with Crippen LogP contribution in [-0.2, 0) is 13.5 Å². The molecule has 1 N–H and O–H groups in total. The van der Waals surface area contributed by atoms with Gasteiger partial charge in [0.15, 0.2) is 0 Å². The monoisotopic (exact) mass is 235 g/mol. The summed E-state index contributed by atoms with van der Waals surface area (Å²) in [5.74, 6) is 1.22. The second-order valence-corrected chi connectivity index (χ2v) is 5.40. The van der Waals surface area contributed by atoms with Crippen molar-refractivity contribution >= 4 is 0 Å². The molecule has 1 aromatic rings. The highest BCUT2D eigenvalue weighted by molar-refractivity contribution is 5.02. The fourth-order valence-electron chi connectivity index (χ4n) is 3.01. The summed E-state index contributed by atoms with van der Waals surface area (Å²) in [5, 5.41) is 3.81. The van der Waals surface area contributed by atoms with Gasteiger partial charge in [0.05, 0.1) is 0 Å².